The molecule has 0 saturated heterocycles. The second-order valence-corrected chi connectivity index (χ2v) is 7.55. The number of hydrogen-bond donors (Lipinski definition) is 2. The SMILES string of the molecule is CCCNC(=O)C(=Cc1ccc(Br)s1)c1nc2ccccc2[nH]1. The molecule has 0 aliphatic heterocycles. The van der Waals surface area contributed by atoms with Crippen LogP contribution in [0.15, 0.2) is 40.2 Å². The highest BCUT2D eigenvalue weighted by atomic mass is 79.9. The Morgan fingerprint density at radius 3 is 2.87 bits per heavy atom. The van der Waals surface area contributed by atoms with E-state index < -0.39 is 0 Å². The van der Waals surface area contributed by atoms with Crippen molar-refractivity contribution in [2.75, 3.05) is 6.54 Å². The number of para-hydroxylation sites is 2. The quantitative estimate of drug-likeness (QED) is 0.633. The summed E-state index contributed by atoms with van der Waals surface area (Å²) in [6.07, 6.45) is 2.77. The smallest absolute Gasteiger partial charge is 0.255 e. The lowest BCUT2D eigenvalue weighted by Crippen LogP contribution is -2.25. The fraction of sp³-hybridized carbons (Fsp3) is 0.176. The predicted molar refractivity (Wildman–Crippen MR) is 99.3 cm³/mol. The molecule has 0 bridgehead atoms. The summed E-state index contributed by atoms with van der Waals surface area (Å²) in [5.74, 6) is 0.472. The number of thiophene rings is 1. The second-order valence-electron chi connectivity index (χ2n) is 5.06. The van der Waals surface area contributed by atoms with Crippen molar-refractivity contribution in [3.8, 4) is 0 Å². The maximum atomic E-state index is 12.5. The summed E-state index contributed by atoms with van der Waals surface area (Å²) in [6, 6.07) is 11.7. The Bertz CT molecular complexity index is 832. The first-order valence-corrected chi connectivity index (χ1v) is 8.98. The van der Waals surface area contributed by atoms with Crippen LogP contribution in [0.4, 0.5) is 0 Å². The molecule has 0 fully saturated rings. The molecule has 0 aliphatic carbocycles. The van der Waals surface area contributed by atoms with E-state index in [1.54, 1.807) is 11.3 Å². The number of amides is 1. The number of halogens is 1. The van der Waals surface area contributed by atoms with Crippen LogP contribution in [0.25, 0.3) is 22.7 Å². The fourth-order valence-corrected chi connectivity index (χ4v) is 3.57. The van der Waals surface area contributed by atoms with Crippen molar-refractivity contribution in [3.05, 3.63) is 50.9 Å². The lowest BCUT2D eigenvalue weighted by molar-refractivity contribution is -0.115. The van der Waals surface area contributed by atoms with Crippen LogP contribution in [0.5, 0.6) is 0 Å². The number of nitrogens with zero attached hydrogens (tertiary/aromatic N) is 1. The van der Waals surface area contributed by atoms with Gasteiger partial charge in [0.15, 0.2) is 0 Å². The number of H-pyrrole nitrogens is 1. The Balaban J connectivity index is 2.03. The van der Waals surface area contributed by atoms with Gasteiger partial charge >= 0.3 is 0 Å². The van der Waals surface area contributed by atoms with Crippen molar-refractivity contribution >= 4 is 55.9 Å². The molecule has 3 rings (SSSR count). The first-order chi connectivity index (χ1) is 11.2. The van der Waals surface area contributed by atoms with Crippen molar-refractivity contribution < 1.29 is 4.79 Å². The zero-order valence-electron chi connectivity index (χ0n) is 12.6. The van der Waals surface area contributed by atoms with Gasteiger partial charge in [-0.25, -0.2) is 4.98 Å². The maximum absolute atomic E-state index is 12.5. The van der Waals surface area contributed by atoms with E-state index in [1.807, 2.05) is 49.4 Å². The summed E-state index contributed by atoms with van der Waals surface area (Å²) in [5.41, 5.74) is 2.32. The molecule has 2 N–H and O–H groups in total. The van der Waals surface area contributed by atoms with Crippen LogP contribution in [0.1, 0.15) is 24.0 Å². The van der Waals surface area contributed by atoms with Crippen molar-refractivity contribution in [2.24, 2.45) is 0 Å². The molecule has 3 aromatic rings. The van der Waals surface area contributed by atoms with E-state index in [2.05, 4.69) is 31.2 Å². The van der Waals surface area contributed by atoms with E-state index in [0.29, 0.717) is 17.9 Å². The van der Waals surface area contributed by atoms with Gasteiger partial charge in [-0.05, 0) is 52.7 Å². The number of carbonyl (C=O) groups excluding carboxylic acids is 1. The van der Waals surface area contributed by atoms with Crippen LogP contribution in [0.2, 0.25) is 0 Å². The highest BCUT2D eigenvalue weighted by Crippen LogP contribution is 2.27. The third kappa shape index (κ3) is 3.71. The summed E-state index contributed by atoms with van der Waals surface area (Å²) >= 11 is 5.03. The van der Waals surface area contributed by atoms with Crippen LogP contribution in [-0.2, 0) is 4.79 Å². The third-order valence-corrected chi connectivity index (χ3v) is 4.88. The molecule has 0 radical (unpaired) electrons. The molecule has 23 heavy (non-hydrogen) atoms. The molecule has 0 unspecified atom stereocenters. The molecule has 1 amide bonds. The average Bonchev–Trinajstić information content (AvgIpc) is 3.15. The van der Waals surface area contributed by atoms with Gasteiger partial charge in [-0.15, -0.1) is 11.3 Å². The number of aromatic amines is 1. The van der Waals surface area contributed by atoms with Gasteiger partial charge in [0.1, 0.15) is 5.82 Å². The van der Waals surface area contributed by atoms with Crippen molar-refractivity contribution in [2.45, 2.75) is 13.3 Å². The first kappa shape index (κ1) is 16.0. The topological polar surface area (TPSA) is 57.8 Å². The number of carbonyl (C=O) groups is 1. The van der Waals surface area contributed by atoms with Gasteiger partial charge < -0.3 is 10.3 Å². The Hall–Kier alpha value is -1.92. The van der Waals surface area contributed by atoms with E-state index in [0.717, 1.165) is 26.1 Å². The number of rotatable bonds is 5. The summed E-state index contributed by atoms with van der Waals surface area (Å²) in [5, 5.41) is 2.93. The Morgan fingerprint density at radius 1 is 1.35 bits per heavy atom. The molecular weight excluding hydrogens is 374 g/mol. The maximum Gasteiger partial charge on any atom is 0.255 e. The van der Waals surface area contributed by atoms with Crippen LogP contribution in [0.3, 0.4) is 0 Å². The average molecular weight is 390 g/mol. The largest absolute Gasteiger partial charge is 0.352 e. The Labute approximate surface area is 146 Å². The second kappa shape index (κ2) is 7.10. The predicted octanol–water partition coefficient (Wildman–Crippen LogP) is 4.45. The molecule has 4 nitrogen and oxygen atoms in total. The molecule has 6 heteroatoms. The zero-order chi connectivity index (χ0) is 16.2. The van der Waals surface area contributed by atoms with E-state index in [1.165, 1.54) is 0 Å². The minimum absolute atomic E-state index is 0.115. The van der Waals surface area contributed by atoms with E-state index in [4.69, 9.17) is 0 Å². The molecule has 2 heterocycles. The van der Waals surface area contributed by atoms with Gasteiger partial charge in [-0.3, -0.25) is 4.79 Å². The van der Waals surface area contributed by atoms with Crippen molar-refractivity contribution in [3.63, 3.8) is 0 Å². The van der Waals surface area contributed by atoms with Gasteiger partial charge in [0.25, 0.3) is 5.91 Å². The number of aromatic nitrogens is 2. The lowest BCUT2D eigenvalue weighted by atomic mass is 10.2. The van der Waals surface area contributed by atoms with Crippen LogP contribution < -0.4 is 5.32 Å². The highest BCUT2D eigenvalue weighted by molar-refractivity contribution is 9.11. The van der Waals surface area contributed by atoms with Gasteiger partial charge in [0.2, 0.25) is 0 Å². The Morgan fingerprint density at radius 2 is 2.17 bits per heavy atom. The molecular formula is C17H16BrN3OS. The van der Waals surface area contributed by atoms with E-state index in [9.17, 15) is 4.79 Å². The summed E-state index contributed by atoms with van der Waals surface area (Å²) < 4.78 is 1.03. The summed E-state index contributed by atoms with van der Waals surface area (Å²) in [4.78, 5) is 21.3. The number of fused-ring (bicyclic) bond motifs is 1. The minimum atomic E-state index is -0.115. The number of imidazole rings is 1. The number of benzene rings is 1. The van der Waals surface area contributed by atoms with Crippen LogP contribution >= 0.6 is 27.3 Å². The van der Waals surface area contributed by atoms with Crippen molar-refractivity contribution in [1.82, 2.24) is 15.3 Å². The van der Waals surface area contributed by atoms with Gasteiger partial charge in [0, 0.05) is 11.4 Å². The Kier molecular flexibility index (Phi) is 4.93. The molecule has 118 valence electrons. The highest BCUT2D eigenvalue weighted by Gasteiger charge is 2.16. The normalized spacial score (nSPS) is 11.8. The molecule has 0 atom stereocenters. The lowest BCUT2D eigenvalue weighted by Gasteiger charge is -2.05. The van der Waals surface area contributed by atoms with E-state index in [-0.39, 0.29) is 5.91 Å². The zero-order valence-corrected chi connectivity index (χ0v) is 15.0. The van der Waals surface area contributed by atoms with Crippen LogP contribution in [0, 0.1) is 0 Å². The molecule has 0 saturated carbocycles. The summed E-state index contributed by atoms with van der Waals surface area (Å²) in [7, 11) is 0. The first-order valence-electron chi connectivity index (χ1n) is 7.37. The molecule has 1 aromatic carbocycles. The molecule has 2 aromatic heterocycles. The number of hydrogen-bond acceptors (Lipinski definition) is 3. The molecule has 0 aliphatic rings. The monoisotopic (exact) mass is 389 g/mol. The standard InChI is InChI=1S/C17H16BrN3OS/c1-2-9-19-17(22)12(10-11-7-8-15(18)23-11)16-20-13-5-3-4-6-14(13)21-16/h3-8,10H,2,9H2,1H3,(H,19,22)(H,20,21). The van der Waals surface area contributed by atoms with E-state index >= 15 is 0 Å². The van der Waals surface area contributed by atoms with Gasteiger partial charge in [-0.2, -0.15) is 0 Å². The van der Waals surface area contributed by atoms with Crippen LogP contribution in [-0.4, -0.2) is 22.4 Å². The summed E-state index contributed by atoms with van der Waals surface area (Å²) in [6.45, 7) is 2.67. The van der Waals surface area contributed by atoms with Crippen molar-refractivity contribution in [1.29, 1.82) is 0 Å². The fourth-order valence-electron chi connectivity index (χ4n) is 2.20. The molecule has 0 spiro atoms. The number of nitrogens with one attached hydrogen (secondary N) is 2. The van der Waals surface area contributed by atoms with Gasteiger partial charge in [0.05, 0.1) is 20.4 Å². The van der Waals surface area contributed by atoms with Gasteiger partial charge in [-0.1, -0.05) is 19.1 Å². The third-order valence-electron chi connectivity index (χ3n) is 3.31. The minimum Gasteiger partial charge on any atom is -0.352 e.